The Bertz CT molecular complexity index is 873. The lowest BCUT2D eigenvalue weighted by atomic mass is 9.91. The van der Waals surface area contributed by atoms with E-state index in [2.05, 4.69) is 0 Å². The monoisotopic (exact) mass is 393 g/mol. The third-order valence-corrected chi connectivity index (χ3v) is 5.38. The van der Waals surface area contributed by atoms with E-state index in [0.717, 1.165) is 11.6 Å². The minimum Gasteiger partial charge on any atom is -0.462 e. The van der Waals surface area contributed by atoms with Gasteiger partial charge in [-0.05, 0) is 25.5 Å². The lowest BCUT2D eigenvalue weighted by Gasteiger charge is -2.38. The van der Waals surface area contributed by atoms with Gasteiger partial charge in [0.1, 0.15) is 5.03 Å². The quantitative estimate of drug-likeness (QED) is 0.795. The maximum Gasteiger partial charge on any atom is 0.340 e. The van der Waals surface area contributed by atoms with Gasteiger partial charge in [-0.2, -0.15) is 0 Å². The third kappa shape index (κ3) is 2.76. The van der Waals surface area contributed by atoms with Crippen LogP contribution in [0.4, 0.5) is 0 Å². The fourth-order valence-corrected chi connectivity index (χ4v) is 3.70. The largest absolute Gasteiger partial charge is 0.462 e. The second kappa shape index (κ2) is 6.91. The van der Waals surface area contributed by atoms with E-state index in [1.54, 1.807) is 18.7 Å². The van der Waals surface area contributed by atoms with Crippen LogP contribution in [0, 0.1) is 0 Å². The first-order valence-corrected chi connectivity index (χ1v) is 8.82. The molecule has 0 bridgehead atoms. The zero-order chi connectivity index (χ0) is 19.1. The molecule has 1 unspecified atom stereocenters. The number of rotatable bonds is 4. The van der Waals surface area contributed by atoms with Crippen LogP contribution < -0.4 is 0 Å². The van der Waals surface area contributed by atoms with E-state index in [4.69, 9.17) is 27.9 Å². The average Bonchev–Trinajstić information content (AvgIpc) is 2.83. The third-order valence-electron chi connectivity index (χ3n) is 4.46. The number of carbonyl (C=O) groups excluding carboxylic acids is 2. The van der Waals surface area contributed by atoms with Crippen LogP contribution in [-0.2, 0) is 20.9 Å². The predicted octanol–water partition coefficient (Wildman–Crippen LogP) is 3.23. The molecule has 2 aliphatic rings. The van der Waals surface area contributed by atoms with E-state index < -0.39 is 17.5 Å². The number of allylic oxidation sites excluding steroid dienone is 3. The van der Waals surface area contributed by atoms with Gasteiger partial charge in [0.2, 0.25) is 5.72 Å². The Balaban J connectivity index is 2.16. The predicted molar refractivity (Wildman–Crippen MR) is 98.1 cm³/mol. The van der Waals surface area contributed by atoms with Gasteiger partial charge in [0.15, 0.2) is 5.78 Å². The number of fused-ring (bicyclic) bond motifs is 1. The molecule has 5 nitrogen and oxygen atoms in total. The summed E-state index contributed by atoms with van der Waals surface area (Å²) in [5.41, 5.74) is -0.334. The molecule has 0 spiro atoms. The summed E-state index contributed by atoms with van der Waals surface area (Å²) in [5, 5.41) is 10.9. The van der Waals surface area contributed by atoms with Gasteiger partial charge >= 0.3 is 5.97 Å². The van der Waals surface area contributed by atoms with Gasteiger partial charge in [0, 0.05) is 17.8 Å². The highest BCUT2D eigenvalue weighted by Gasteiger charge is 2.54. The van der Waals surface area contributed by atoms with E-state index >= 15 is 0 Å². The molecular weight excluding hydrogens is 377 g/mol. The minimum absolute atomic E-state index is 0.0868. The van der Waals surface area contributed by atoms with Crippen molar-refractivity contribution in [2.45, 2.75) is 26.1 Å². The first kappa shape index (κ1) is 18.7. The summed E-state index contributed by atoms with van der Waals surface area (Å²) in [6.45, 7) is 3.78. The fourth-order valence-electron chi connectivity index (χ4n) is 3.22. The lowest BCUT2D eigenvalue weighted by Crippen LogP contribution is -2.47. The lowest BCUT2D eigenvalue weighted by molar-refractivity contribution is -0.138. The van der Waals surface area contributed by atoms with Crippen molar-refractivity contribution in [3.63, 3.8) is 0 Å². The molecule has 3 rings (SSSR count). The van der Waals surface area contributed by atoms with E-state index in [-0.39, 0.29) is 34.4 Å². The molecule has 7 heteroatoms. The molecule has 1 aliphatic heterocycles. The molecule has 0 fully saturated rings. The molecule has 1 heterocycles. The van der Waals surface area contributed by atoms with E-state index in [0.29, 0.717) is 5.70 Å². The van der Waals surface area contributed by atoms with Crippen LogP contribution in [0.25, 0.3) is 0 Å². The number of nitrogens with zero attached hydrogens (tertiary/aromatic N) is 1. The molecule has 1 atom stereocenters. The molecule has 1 aliphatic carbocycles. The summed E-state index contributed by atoms with van der Waals surface area (Å²) in [5.74, 6) is -1.19. The van der Waals surface area contributed by atoms with E-state index in [1.807, 2.05) is 30.3 Å². The number of carbonyl (C=O) groups is 2. The Labute approximate surface area is 161 Å². The molecule has 0 radical (unpaired) electrons. The zero-order valence-electron chi connectivity index (χ0n) is 14.3. The van der Waals surface area contributed by atoms with Crippen LogP contribution in [0.2, 0.25) is 0 Å². The van der Waals surface area contributed by atoms with Crippen molar-refractivity contribution in [2.24, 2.45) is 0 Å². The van der Waals surface area contributed by atoms with Crippen LogP contribution in [0.5, 0.6) is 0 Å². The summed E-state index contributed by atoms with van der Waals surface area (Å²) >= 11 is 12.3. The smallest absolute Gasteiger partial charge is 0.340 e. The molecule has 1 aromatic rings. The highest BCUT2D eigenvalue weighted by atomic mass is 35.5. The molecule has 1 N–H and O–H groups in total. The summed E-state index contributed by atoms with van der Waals surface area (Å²) < 4.78 is 5.11. The standard InChI is InChI=1S/C19H17Cl2NO4/c1-3-26-18(24)15-11(2)22(10-12-7-5-4-6-8-12)19(25)13(15)9-14(23)16(20)17(19)21/h4-9,25H,3,10H2,1-2H3. The number of benzene rings is 1. The Morgan fingerprint density at radius 1 is 1.27 bits per heavy atom. The highest BCUT2D eigenvalue weighted by molar-refractivity contribution is 6.51. The number of ether oxygens (including phenoxy) is 1. The Morgan fingerprint density at radius 2 is 1.92 bits per heavy atom. The van der Waals surface area contributed by atoms with Crippen molar-refractivity contribution < 1.29 is 19.4 Å². The van der Waals surface area contributed by atoms with Crippen LogP contribution in [0.1, 0.15) is 19.4 Å². The summed E-state index contributed by atoms with van der Waals surface area (Å²) in [7, 11) is 0. The molecule has 0 amide bonds. The molecule has 136 valence electrons. The summed E-state index contributed by atoms with van der Waals surface area (Å²) in [6, 6.07) is 9.38. The minimum atomic E-state index is -1.89. The van der Waals surface area contributed by atoms with Crippen molar-refractivity contribution in [1.82, 2.24) is 4.90 Å². The zero-order valence-corrected chi connectivity index (χ0v) is 15.8. The van der Waals surface area contributed by atoms with Crippen molar-refractivity contribution in [1.29, 1.82) is 0 Å². The van der Waals surface area contributed by atoms with Crippen LogP contribution in [0.3, 0.4) is 0 Å². The normalized spacial score (nSPS) is 22.6. The van der Waals surface area contributed by atoms with Crippen LogP contribution in [-0.4, -0.2) is 34.1 Å². The molecule has 0 saturated heterocycles. The summed E-state index contributed by atoms with van der Waals surface area (Å²) in [4.78, 5) is 26.2. The molecule has 1 aromatic carbocycles. The molecule has 0 saturated carbocycles. The number of esters is 1. The molecule has 0 aromatic heterocycles. The fraction of sp³-hybridized carbons (Fsp3) is 0.263. The second-order valence-electron chi connectivity index (χ2n) is 5.98. The van der Waals surface area contributed by atoms with Gasteiger partial charge in [-0.3, -0.25) is 4.79 Å². The van der Waals surface area contributed by atoms with E-state index in [9.17, 15) is 14.7 Å². The van der Waals surface area contributed by atoms with Crippen molar-refractivity contribution in [2.75, 3.05) is 6.61 Å². The van der Waals surface area contributed by atoms with Gasteiger partial charge in [0.05, 0.1) is 17.2 Å². The molecule has 26 heavy (non-hydrogen) atoms. The van der Waals surface area contributed by atoms with Crippen molar-refractivity contribution in [3.8, 4) is 0 Å². The number of ketones is 1. The van der Waals surface area contributed by atoms with Gasteiger partial charge in [-0.1, -0.05) is 53.5 Å². The first-order valence-electron chi connectivity index (χ1n) is 8.06. The second-order valence-corrected chi connectivity index (χ2v) is 6.73. The maximum absolute atomic E-state index is 12.5. The van der Waals surface area contributed by atoms with Crippen molar-refractivity contribution >= 4 is 35.0 Å². The number of halogens is 2. The number of aliphatic hydroxyl groups is 1. The first-order chi connectivity index (χ1) is 12.3. The van der Waals surface area contributed by atoms with Crippen molar-refractivity contribution in [3.05, 3.63) is 68.9 Å². The SMILES string of the molecule is CCOC(=O)C1=C(C)N(Cc2ccccc2)C2(O)C1=CC(=O)C(Cl)=C2Cl. The Hall–Kier alpha value is -2.08. The van der Waals surface area contributed by atoms with Gasteiger partial charge in [-0.15, -0.1) is 0 Å². The Morgan fingerprint density at radius 3 is 2.54 bits per heavy atom. The molecular formula is C19H17Cl2NO4. The van der Waals surface area contributed by atoms with Crippen LogP contribution >= 0.6 is 23.2 Å². The van der Waals surface area contributed by atoms with Gasteiger partial charge < -0.3 is 14.7 Å². The van der Waals surface area contributed by atoms with E-state index in [1.165, 1.54) is 0 Å². The van der Waals surface area contributed by atoms with Crippen LogP contribution in [0.15, 0.2) is 63.3 Å². The highest BCUT2D eigenvalue weighted by Crippen LogP contribution is 2.50. The topological polar surface area (TPSA) is 66.8 Å². The van der Waals surface area contributed by atoms with Gasteiger partial charge in [-0.25, -0.2) is 4.79 Å². The maximum atomic E-state index is 12.5. The number of hydrogen-bond acceptors (Lipinski definition) is 5. The summed E-state index contributed by atoms with van der Waals surface area (Å²) in [6.07, 6.45) is 1.15. The number of hydrogen-bond donors (Lipinski definition) is 1. The van der Waals surface area contributed by atoms with Gasteiger partial charge in [0.25, 0.3) is 0 Å². The Kier molecular flexibility index (Phi) is 4.97. The average molecular weight is 394 g/mol.